The summed E-state index contributed by atoms with van der Waals surface area (Å²) in [5.41, 5.74) is 3.65. The molecular weight excluding hydrogens is 350 g/mol. The van der Waals surface area contributed by atoms with Gasteiger partial charge in [-0.05, 0) is 42.0 Å². The molecule has 4 aromatic rings. The number of hydrogen-bond donors (Lipinski definition) is 0. The van der Waals surface area contributed by atoms with Gasteiger partial charge in [-0.1, -0.05) is 36.4 Å². The number of ether oxygens (including phenoxy) is 1. The molecule has 0 bridgehead atoms. The number of para-hydroxylation sites is 1. The first-order valence-corrected chi connectivity index (χ1v) is 9.14. The quantitative estimate of drug-likeness (QED) is 0.512. The summed E-state index contributed by atoms with van der Waals surface area (Å²) in [5, 5.41) is 0. The molecule has 0 saturated carbocycles. The molecule has 4 rings (SSSR count). The first kappa shape index (κ1) is 17.8. The Balaban J connectivity index is 1.62. The number of hydrogen-bond acceptors (Lipinski definition) is 3. The Hall–Kier alpha value is -3.60. The van der Waals surface area contributed by atoms with Crippen molar-refractivity contribution in [2.45, 2.75) is 13.0 Å². The number of nitrogens with zero attached hydrogens (tertiary/aromatic N) is 3. The van der Waals surface area contributed by atoms with Gasteiger partial charge in [-0.2, -0.15) is 0 Å². The number of carbonyl (C=O) groups is 1. The van der Waals surface area contributed by atoms with E-state index in [1.807, 2.05) is 89.6 Å². The number of rotatable bonds is 6. The number of aromatic nitrogens is 2. The van der Waals surface area contributed by atoms with Gasteiger partial charge in [-0.3, -0.25) is 4.79 Å². The van der Waals surface area contributed by atoms with Gasteiger partial charge in [-0.15, -0.1) is 0 Å². The standard InChI is InChI=1S/C23H21N3O2/c1-28-21-12-10-18(11-13-21)15-23(27)26(19-7-3-2-4-8-19)17-20-16-24-22-9-5-6-14-25(20)22/h2-14,16H,15,17H2,1H3. The summed E-state index contributed by atoms with van der Waals surface area (Å²) in [6.07, 6.45) is 4.11. The zero-order chi connectivity index (χ0) is 19.3. The molecule has 2 aromatic heterocycles. The van der Waals surface area contributed by atoms with Crippen LogP contribution in [0, 0.1) is 0 Å². The van der Waals surface area contributed by atoms with Crippen molar-refractivity contribution in [3.8, 4) is 5.75 Å². The van der Waals surface area contributed by atoms with E-state index in [0.29, 0.717) is 13.0 Å². The van der Waals surface area contributed by atoms with E-state index in [-0.39, 0.29) is 5.91 Å². The number of imidazole rings is 1. The van der Waals surface area contributed by atoms with Crippen molar-refractivity contribution in [3.05, 3.63) is 96.4 Å². The van der Waals surface area contributed by atoms with Crippen LogP contribution >= 0.6 is 0 Å². The second kappa shape index (κ2) is 7.96. The van der Waals surface area contributed by atoms with Crippen LogP contribution in [0.1, 0.15) is 11.3 Å². The Morgan fingerprint density at radius 2 is 1.75 bits per heavy atom. The fourth-order valence-corrected chi connectivity index (χ4v) is 3.21. The Morgan fingerprint density at radius 3 is 2.50 bits per heavy atom. The van der Waals surface area contributed by atoms with Gasteiger partial charge in [-0.25, -0.2) is 4.98 Å². The average molecular weight is 371 g/mol. The maximum absolute atomic E-state index is 13.2. The second-order valence-corrected chi connectivity index (χ2v) is 6.52. The highest BCUT2D eigenvalue weighted by Gasteiger charge is 2.18. The molecule has 0 fully saturated rings. The van der Waals surface area contributed by atoms with Crippen LogP contribution in [0.5, 0.6) is 5.75 Å². The maximum Gasteiger partial charge on any atom is 0.231 e. The third kappa shape index (κ3) is 3.74. The summed E-state index contributed by atoms with van der Waals surface area (Å²) in [6.45, 7) is 0.449. The normalized spacial score (nSPS) is 10.8. The lowest BCUT2D eigenvalue weighted by Crippen LogP contribution is -2.32. The van der Waals surface area contributed by atoms with Crippen molar-refractivity contribution >= 4 is 17.2 Å². The Kier molecular flexibility index (Phi) is 5.06. The SMILES string of the molecule is COc1ccc(CC(=O)N(Cc2cnc3ccccn23)c2ccccc2)cc1. The Labute approximate surface area is 163 Å². The summed E-state index contributed by atoms with van der Waals surface area (Å²) >= 11 is 0. The molecule has 0 aliphatic rings. The van der Waals surface area contributed by atoms with Gasteiger partial charge >= 0.3 is 0 Å². The molecule has 0 atom stereocenters. The van der Waals surface area contributed by atoms with Crippen LogP contribution in [0.4, 0.5) is 5.69 Å². The van der Waals surface area contributed by atoms with Crippen LogP contribution < -0.4 is 9.64 Å². The van der Waals surface area contributed by atoms with Gasteiger partial charge in [0.1, 0.15) is 11.4 Å². The number of methoxy groups -OCH3 is 1. The number of pyridine rings is 1. The molecule has 0 N–H and O–H groups in total. The molecule has 0 radical (unpaired) electrons. The van der Waals surface area contributed by atoms with E-state index in [4.69, 9.17) is 4.74 Å². The van der Waals surface area contributed by atoms with Crippen molar-refractivity contribution in [2.75, 3.05) is 12.0 Å². The largest absolute Gasteiger partial charge is 0.497 e. The predicted octanol–water partition coefficient (Wildman–Crippen LogP) is 4.12. The van der Waals surface area contributed by atoms with E-state index in [2.05, 4.69) is 4.98 Å². The number of anilines is 1. The third-order valence-corrected chi connectivity index (χ3v) is 4.70. The predicted molar refractivity (Wildman–Crippen MR) is 110 cm³/mol. The number of benzene rings is 2. The zero-order valence-corrected chi connectivity index (χ0v) is 15.7. The molecule has 2 aromatic carbocycles. The minimum Gasteiger partial charge on any atom is -0.497 e. The summed E-state index contributed by atoms with van der Waals surface area (Å²) in [7, 11) is 1.63. The molecule has 0 aliphatic carbocycles. The lowest BCUT2D eigenvalue weighted by molar-refractivity contribution is -0.118. The first-order valence-electron chi connectivity index (χ1n) is 9.14. The van der Waals surface area contributed by atoms with Crippen molar-refractivity contribution in [2.24, 2.45) is 0 Å². The van der Waals surface area contributed by atoms with Gasteiger partial charge in [0.15, 0.2) is 0 Å². The lowest BCUT2D eigenvalue weighted by atomic mass is 10.1. The van der Waals surface area contributed by atoms with Gasteiger partial charge in [0.05, 0.1) is 32.0 Å². The number of amides is 1. The lowest BCUT2D eigenvalue weighted by Gasteiger charge is -2.23. The fourth-order valence-electron chi connectivity index (χ4n) is 3.21. The molecule has 0 spiro atoms. The van der Waals surface area contributed by atoms with Gasteiger partial charge in [0.2, 0.25) is 5.91 Å². The monoisotopic (exact) mass is 371 g/mol. The van der Waals surface area contributed by atoms with Gasteiger partial charge < -0.3 is 14.0 Å². The molecule has 0 aliphatic heterocycles. The Bertz CT molecular complexity index is 1070. The molecule has 1 amide bonds. The van der Waals surface area contributed by atoms with E-state index in [1.54, 1.807) is 12.0 Å². The average Bonchev–Trinajstić information content (AvgIpc) is 3.16. The number of carbonyl (C=O) groups excluding carboxylic acids is 1. The van der Waals surface area contributed by atoms with E-state index in [0.717, 1.165) is 28.3 Å². The molecular formula is C23H21N3O2. The highest BCUT2D eigenvalue weighted by molar-refractivity contribution is 5.94. The highest BCUT2D eigenvalue weighted by Crippen LogP contribution is 2.20. The summed E-state index contributed by atoms with van der Waals surface area (Å²) in [4.78, 5) is 19.4. The highest BCUT2D eigenvalue weighted by atomic mass is 16.5. The van der Waals surface area contributed by atoms with Crippen molar-refractivity contribution in [3.63, 3.8) is 0 Å². The molecule has 28 heavy (non-hydrogen) atoms. The van der Waals surface area contributed by atoms with Crippen LogP contribution in [0.2, 0.25) is 0 Å². The summed E-state index contributed by atoms with van der Waals surface area (Å²) in [6, 6.07) is 23.2. The van der Waals surface area contributed by atoms with Crippen LogP contribution in [-0.2, 0) is 17.8 Å². The van der Waals surface area contributed by atoms with E-state index < -0.39 is 0 Å². The van der Waals surface area contributed by atoms with Crippen LogP contribution in [0.3, 0.4) is 0 Å². The minimum atomic E-state index is 0.0299. The molecule has 0 unspecified atom stereocenters. The molecule has 5 nitrogen and oxygen atoms in total. The minimum absolute atomic E-state index is 0.0299. The van der Waals surface area contributed by atoms with Crippen LogP contribution in [-0.4, -0.2) is 22.4 Å². The van der Waals surface area contributed by atoms with Crippen LogP contribution in [0.15, 0.2) is 85.2 Å². The molecule has 0 saturated heterocycles. The first-order chi connectivity index (χ1) is 13.7. The van der Waals surface area contributed by atoms with Crippen molar-refractivity contribution in [1.29, 1.82) is 0 Å². The second-order valence-electron chi connectivity index (χ2n) is 6.52. The number of fused-ring (bicyclic) bond motifs is 1. The summed E-state index contributed by atoms with van der Waals surface area (Å²) in [5.74, 6) is 0.809. The van der Waals surface area contributed by atoms with Crippen LogP contribution in [0.25, 0.3) is 5.65 Å². The van der Waals surface area contributed by atoms with Crippen molar-refractivity contribution < 1.29 is 9.53 Å². The van der Waals surface area contributed by atoms with Gasteiger partial charge in [0.25, 0.3) is 0 Å². The molecule has 5 heteroatoms. The smallest absolute Gasteiger partial charge is 0.231 e. The third-order valence-electron chi connectivity index (χ3n) is 4.70. The maximum atomic E-state index is 13.2. The molecule has 2 heterocycles. The Morgan fingerprint density at radius 1 is 1.00 bits per heavy atom. The zero-order valence-electron chi connectivity index (χ0n) is 15.7. The van der Waals surface area contributed by atoms with E-state index in [1.165, 1.54) is 0 Å². The van der Waals surface area contributed by atoms with E-state index >= 15 is 0 Å². The summed E-state index contributed by atoms with van der Waals surface area (Å²) < 4.78 is 7.21. The van der Waals surface area contributed by atoms with Crippen molar-refractivity contribution in [1.82, 2.24) is 9.38 Å². The van der Waals surface area contributed by atoms with Gasteiger partial charge in [0, 0.05) is 11.9 Å². The topological polar surface area (TPSA) is 46.8 Å². The fraction of sp³-hybridized carbons (Fsp3) is 0.130. The van der Waals surface area contributed by atoms with E-state index in [9.17, 15) is 4.79 Å². The molecule has 140 valence electrons.